The van der Waals surface area contributed by atoms with Crippen LogP contribution in [0.2, 0.25) is 0 Å². The molecule has 0 saturated carbocycles. The number of nitrogens with one attached hydrogen (secondary N) is 1. The van der Waals surface area contributed by atoms with Gasteiger partial charge in [0.2, 0.25) is 0 Å². The molecule has 5 rings (SSSR count). The zero-order valence-electron chi connectivity index (χ0n) is 21.4. The second-order valence-electron chi connectivity index (χ2n) is 9.41. The van der Waals surface area contributed by atoms with Crippen molar-refractivity contribution in [3.8, 4) is 16.9 Å². The lowest BCUT2D eigenvalue weighted by atomic mass is 10.0. The van der Waals surface area contributed by atoms with E-state index in [0.717, 1.165) is 55.3 Å². The number of thiophene rings is 1. The fraction of sp³-hybridized carbons (Fsp3) is 0.310. The number of nitrogens with zero attached hydrogens (tertiary/aromatic N) is 4. The molecule has 1 fully saturated rings. The van der Waals surface area contributed by atoms with Crippen molar-refractivity contribution >= 4 is 22.9 Å². The van der Waals surface area contributed by atoms with Gasteiger partial charge in [0.1, 0.15) is 5.75 Å². The minimum atomic E-state index is -0.146. The highest BCUT2D eigenvalue weighted by molar-refractivity contribution is 7.08. The van der Waals surface area contributed by atoms with E-state index in [4.69, 9.17) is 4.74 Å². The van der Waals surface area contributed by atoms with E-state index in [9.17, 15) is 4.79 Å². The monoisotopic (exact) mass is 515 g/mol. The quantitative estimate of drug-likeness (QED) is 0.356. The largest absolute Gasteiger partial charge is 0.483 e. The van der Waals surface area contributed by atoms with Crippen LogP contribution in [0.25, 0.3) is 11.1 Å². The van der Waals surface area contributed by atoms with Gasteiger partial charge in [0.05, 0.1) is 5.69 Å². The first-order chi connectivity index (χ1) is 18.0. The lowest BCUT2D eigenvalue weighted by Gasteiger charge is -2.36. The van der Waals surface area contributed by atoms with Gasteiger partial charge in [-0.15, -0.1) is 0 Å². The minimum absolute atomic E-state index is 0.0219. The van der Waals surface area contributed by atoms with Gasteiger partial charge in [0, 0.05) is 69.3 Å². The van der Waals surface area contributed by atoms with E-state index in [-0.39, 0.29) is 12.5 Å². The predicted molar refractivity (Wildman–Crippen MR) is 149 cm³/mol. The van der Waals surface area contributed by atoms with Crippen molar-refractivity contribution in [3.05, 3.63) is 88.4 Å². The molecule has 0 radical (unpaired) electrons. The predicted octanol–water partition coefficient (Wildman–Crippen LogP) is 4.47. The molecule has 1 aliphatic heterocycles. The summed E-state index contributed by atoms with van der Waals surface area (Å²) in [5.74, 6) is 0.616. The second-order valence-corrected chi connectivity index (χ2v) is 10.2. The average Bonchev–Trinajstić information content (AvgIpc) is 3.57. The molecule has 2 aromatic heterocycles. The topological polar surface area (TPSA) is 62.6 Å². The maximum absolute atomic E-state index is 12.6. The van der Waals surface area contributed by atoms with Crippen LogP contribution >= 0.6 is 11.3 Å². The van der Waals surface area contributed by atoms with Crippen LogP contribution in [0.15, 0.2) is 71.6 Å². The van der Waals surface area contributed by atoms with Crippen LogP contribution in [0.5, 0.6) is 5.75 Å². The first-order valence-electron chi connectivity index (χ1n) is 12.6. The van der Waals surface area contributed by atoms with Crippen molar-refractivity contribution in [1.82, 2.24) is 20.0 Å². The third-order valence-corrected chi connectivity index (χ3v) is 7.44. The van der Waals surface area contributed by atoms with Crippen molar-refractivity contribution < 1.29 is 9.53 Å². The Morgan fingerprint density at radius 2 is 1.84 bits per heavy atom. The molecule has 1 N–H and O–H groups in total. The van der Waals surface area contributed by atoms with Crippen molar-refractivity contribution in [3.63, 3.8) is 0 Å². The van der Waals surface area contributed by atoms with Gasteiger partial charge in [0.25, 0.3) is 5.91 Å². The number of aromatic nitrogens is 2. The van der Waals surface area contributed by atoms with Gasteiger partial charge >= 0.3 is 0 Å². The highest BCUT2D eigenvalue weighted by Crippen LogP contribution is 2.30. The standard InChI is InChI=1S/C29H33N5O2S/c1-22-26(18-32(2)31-22)17-30-29(35)20-36-28-9-8-23(24-10-15-37-21-24)16-25(28)19-33-11-13-34(14-12-33)27-6-4-3-5-7-27/h3-10,15-16,18,21H,11-14,17,19-20H2,1-2H3,(H,30,35). The summed E-state index contributed by atoms with van der Waals surface area (Å²) in [6.07, 6.45) is 1.93. The number of hydrogen-bond acceptors (Lipinski definition) is 6. The minimum Gasteiger partial charge on any atom is -0.483 e. The summed E-state index contributed by atoms with van der Waals surface area (Å²) in [5, 5.41) is 11.5. The number of amides is 1. The van der Waals surface area contributed by atoms with Gasteiger partial charge in [-0.25, -0.2) is 0 Å². The molecule has 0 atom stereocenters. The maximum atomic E-state index is 12.6. The number of aryl methyl sites for hydroxylation is 2. The third-order valence-electron chi connectivity index (χ3n) is 6.75. The number of carbonyl (C=O) groups is 1. The van der Waals surface area contributed by atoms with E-state index in [1.807, 2.05) is 26.2 Å². The Morgan fingerprint density at radius 1 is 1.03 bits per heavy atom. The van der Waals surface area contributed by atoms with Gasteiger partial charge in [-0.05, 0) is 59.1 Å². The molecule has 8 heteroatoms. The summed E-state index contributed by atoms with van der Waals surface area (Å²) < 4.78 is 7.82. The fourth-order valence-corrected chi connectivity index (χ4v) is 5.37. The van der Waals surface area contributed by atoms with Crippen LogP contribution in [0, 0.1) is 6.92 Å². The Labute approximate surface area is 222 Å². The van der Waals surface area contributed by atoms with Crippen molar-refractivity contribution in [2.24, 2.45) is 7.05 Å². The fourth-order valence-electron chi connectivity index (χ4n) is 4.71. The van der Waals surface area contributed by atoms with Crippen LogP contribution in [-0.2, 0) is 24.9 Å². The molecule has 2 aromatic carbocycles. The number of piperazine rings is 1. The van der Waals surface area contributed by atoms with Crippen LogP contribution in [0.4, 0.5) is 5.69 Å². The Balaban J connectivity index is 1.23. The Bertz CT molecular complexity index is 1310. The first kappa shape index (κ1) is 25.0. The molecular weight excluding hydrogens is 482 g/mol. The molecule has 1 aliphatic rings. The lowest BCUT2D eigenvalue weighted by molar-refractivity contribution is -0.123. The number of ether oxygens (including phenoxy) is 1. The zero-order chi connectivity index (χ0) is 25.6. The second kappa shape index (κ2) is 11.6. The van der Waals surface area contributed by atoms with Gasteiger partial charge in [0.15, 0.2) is 6.61 Å². The molecule has 192 valence electrons. The summed E-state index contributed by atoms with van der Waals surface area (Å²) in [4.78, 5) is 17.5. The number of rotatable bonds is 9. The molecule has 0 spiro atoms. The molecular formula is C29H33N5O2S. The Kier molecular flexibility index (Phi) is 7.87. The molecule has 1 saturated heterocycles. The molecule has 1 amide bonds. The SMILES string of the molecule is Cc1nn(C)cc1CNC(=O)COc1ccc(-c2ccsc2)cc1CN1CCN(c2ccccc2)CC1. The highest BCUT2D eigenvalue weighted by atomic mass is 32.1. The highest BCUT2D eigenvalue weighted by Gasteiger charge is 2.19. The summed E-state index contributed by atoms with van der Waals surface area (Å²) in [5.41, 5.74) is 6.68. The van der Waals surface area contributed by atoms with E-state index in [1.165, 1.54) is 16.8 Å². The molecule has 4 aromatic rings. The zero-order valence-corrected chi connectivity index (χ0v) is 22.2. The van der Waals surface area contributed by atoms with E-state index in [1.54, 1.807) is 16.0 Å². The third kappa shape index (κ3) is 6.39. The molecule has 0 aliphatic carbocycles. The number of carbonyl (C=O) groups excluding carboxylic acids is 1. The smallest absolute Gasteiger partial charge is 0.258 e. The number of hydrogen-bond donors (Lipinski definition) is 1. The maximum Gasteiger partial charge on any atom is 0.258 e. The van der Waals surface area contributed by atoms with Gasteiger partial charge < -0.3 is 15.0 Å². The van der Waals surface area contributed by atoms with E-state index in [0.29, 0.717) is 6.54 Å². The Morgan fingerprint density at radius 3 is 2.54 bits per heavy atom. The molecule has 0 bridgehead atoms. The summed E-state index contributed by atoms with van der Waals surface area (Å²) in [7, 11) is 1.88. The van der Waals surface area contributed by atoms with Crippen LogP contribution < -0.4 is 15.0 Å². The molecule has 3 heterocycles. The van der Waals surface area contributed by atoms with Crippen molar-refractivity contribution in [2.75, 3.05) is 37.7 Å². The van der Waals surface area contributed by atoms with E-state index < -0.39 is 0 Å². The first-order valence-corrected chi connectivity index (χ1v) is 13.6. The normalized spacial score (nSPS) is 14.1. The summed E-state index contributed by atoms with van der Waals surface area (Å²) >= 11 is 1.69. The van der Waals surface area contributed by atoms with Gasteiger partial charge in [-0.2, -0.15) is 16.4 Å². The van der Waals surface area contributed by atoms with Gasteiger partial charge in [-0.3, -0.25) is 14.4 Å². The Hall–Kier alpha value is -3.62. The molecule has 0 unspecified atom stereocenters. The summed E-state index contributed by atoms with van der Waals surface area (Å²) in [6.45, 7) is 7.07. The van der Waals surface area contributed by atoms with Crippen molar-refractivity contribution in [2.45, 2.75) is 20.0 Å². The number of benzene rings is 2. The lowest BCUT2D eigenvalue weighted by Crippen LogP contribution is -2.46. The van der Waals surface area contributed by atoms with Gasteiger partial charge in [-0.1, -0.05) is 24.3 Å². The van der Waals surface area contributed by atoms with Crippen molar-refractivity contribution in [1.29, 1.82) is 0 Å². The molecule has 37 heavy (non-hydrogen) atoms. The number of anilines is 1. The number of para-hydroxylation sites is 1. The average molecular weight is 516 g/mol. The van der Waals surface area contributed by atoms with E-state index in [2.05, 4.69) is 79.5 Å². The van der Waals surface area contributed by atoms with Crippen LogP contribution in [0.1, 0.15) is 16.8 Å². The van der Waals surface area contributed by atoms with E-state index >= 15 is 0 Å². The van der Waals surface area contributed by atoms with Crippen LogP contribution in [0.3, 0.4) is 0 Å². The van der Waals surface area contributed by atoms with Crippen LogP contribution in [-0.4, -0.2) is 53.4 Å². The summed E-state index contributed by atoms with van der Waals surface area (Å²) in [6, 6.07) is 19.0. The molecule has 7 nitrogen and oxygen atoms in total.